The highest BCUT2D eigenvalue weighted by Crippen LogP contribution is 2.23. The van der Waals surface area contributed by atoms with Crippen LogP contribution in [0.5, 0.6) is 0 Å². The van der Waals surface area contributed by atoms with Crippen LogP contribution in [0.25, 0.3) is 0 Å². The number of aryl methyl sites for hydroxylation is 1. The highest BCUT2D eigenvalue weighted by Gasteiger charge is 2.18. The Morgan fingerprint density at radius 1 is 1.43 bits per heavy atom. The third kappa shape index (κ3) is 4.39. The summed E-state index contributed by atoms with van der Waals surface area (Å²) >= 11 is 2.01. The predicted octanol–water partition coefficient (Wildman–Crippen LogP) is 1.75. The van der Waals surface area contributed by atoms with E-state index in [4.69, 9.17) is 0 Å². The van der Waals surface area contributed by atoms with E-state index >= 15 is 0 Å². The number of rotatable bonds is 6. The molecule has 0 atom stereocenters. The maximum absolute atomic E-state index is 11.1. The summed E-state index contributed by atoms with van der Waals surface area (Å²) in [4.78, 5) is 17.5. The fourth-order valence-corrected chi connectivity index (χ4v) is 3.47. The van der Waals surface area contributed by atoms with Gasteiger partial charge in [-0.05, 0) is 13.8 Å². The van der Waals surface area contributed by atoms with Gasteiger partial charge in [-0.15, -0.1) is 0 Å². The normalized spacial score (nSPS) is 16.1. The van der Waals surface area contributed by atoms with Crippen LogP contribution < -0.4 is 5.32 Å². The molecule has 0 radical (unpaired) electrons. The summed E-state index contributed by atoms with van der Waals surface area (Å²) in [5.41, 5.74) is 2.24. The van der Waals surface area contributed by atoms with Crippen LogP contribution in [-0.2, 0) is 6.54 Å². The number of nitro groups is 1. The van der Waals surface area contributed by atoms with Gasteiger partial charge in [-0.2, -0.15) is 11.8 Å². The van der Waals surface area contributed by atoms with E-state index in [1.54, 1.807) is 20.0 Å². The minimum absolute atomic E-state index is 0.190. The second kappa shape index (κ2) is 7.72. The Labute approximate surface area is 129 Å². The van der Waals surface area contributed by atoms with Crippen molar-refractivity contribution in [1.82, 2.24) is 15.2 Å². The fourth-order valence-electron chi connectivity index (χ4n) is 2.49. The van der Waals surface area contributed by atoms with Crippen molar-refractivity contribution in [3.8, 4) is 0 Å². The molecule has 1 N–H and O–H groups in total. The van der Waals surface area contributed by atoms with Gasteiger partial charge in [-0.25, -0.2) is 0 Å². The maximum Gasteiger partial charge on any atom is 0.278 e. The fraction of sp³-hybridized carbons (Fsp3) is 0.643. The number of hydrogen-bond acceptors (Lipinski definition) is 6. The third-order valence-corrected chi connectivity index (χ3v) is 4.70. The van der Waals surface area contributed by atoms with Crippen LogP contribution in [0.2, 0.25) is 0 Å². The maximum atomic E-state index is 11.1. The zero-order chi connectivity index (χ0) is 15.2. The summed E-state index contributed by atoms with van der Waals surface area (Å²) in [5, 5.41) is 14.4. The second-order valence-electron chi connectivity index (χ2n) is 5.25. The van der Waals surface area contributed by atoms with Crippen LogP contribution >= 0.6 is 11.8 Å². The minimum atomic E-state index is -0.318. The molecule has 0 unspecified atom stereocenters. The number of aromatic nitrogens is 1. The summed E-state index contributed by atoms with van der Waals surface area (Å²) in [7, 11) is 0. The van der Waals surface area contributed by atoms with Gasteiger partial charge in [0.15, 0.2) is 0 Å². The second-order valence-corrected chi connectivity index (χ2v) is 6.47. The van der Waals surface area contributed by atoms with Gasteiger partial charge in [-0.1, -0.05) is 0 Å². The molecule has 1 aliphatic rings. The van der Waals surface area contributed by atoms with Gasteiger partial charge in [-0.3, -0.25) is 15.1 Å². The van der Waals surface area contributed by atoms with Crippen LogP contribution in [0.3, 0.4) is 0 Å². The molecule has 7 heteroatoms. The van der Waals surface area contributed by atoms with Gasteiger partial charge in [0.1, 0.15) is 0 Å². The Bertz CT molecular complexity index is 504. The van der Waals surface area contributed by atoms with Crippen LogP contribution in [-0.4, -0.2) is 52.5 Å². The van der Waals surface area contributed by atoms with Crippen LogP contribution in [0, 0.1) is 24.0 Å². The van der Waals surface area contributed by atoms with Crippen molar-refractivity contribution in [2.75, 3.05) is 37.7 Å². The van der Waals surface area contributed by atoms with Crippen LogP contribution in [0.1, 0.15) is 16.8 Å². The molecule has 1 aliphatic heterocycles. The monoisotopic (exact) mass is 310 g/mol. The van der Waals surface area contributed by atoms with E-state index in [1.807, 2.05) is 11.8 Å². The Morgan fingerprint density at radius 2 is 2.14 bits per heavy atom. The summed E-state index contributed by atoms with van der Waals surface area (Å²) in [6, 6.07) is 0. The molecule has 0 amide bonds. The predicted molar refractivity (Wildman–Crippen MR) is 85.8 cm³/mol. The van der Waals surface area contributed by atoms with Gasteiger partial charge < -0.3 is 10.2 Å². The smallest absolute Gasteiger partial charge is 0.278 e. The van der Waals surface area contributed by atoms with E-state index in [-0.39, 0.29) is 10.6 Å². The molecule has 1 saturated heterocycles. The van der Waals surface area contributed by atoms with Crippen molar-refractivity contribution in [2.24, 2.45) is 0 Å². The standard InChI is InChI=1S/C14H22N4O2S/c1-11-9-16-13(12(2)14(11)18(19)20)10-15-3-4-17-5-7-21-8-6-17/h9,15H,3-8,10H2,1-2H3. The number of hydrogen-bond donors (Lipinski definition) is 1. The van der Waals surface area contributed by atoms with Crippen molar-refractivity contribution in [3.63, 3.8) is 0 Å². The highest BCUT2D eigenvalue weighted by atomic mass is 32.2. The summed E-state index contributed by atoms with van der Waals surface area (Å²) in [6.45, 7) is 8.29. The van der Waals surface area contributed by atoms with Gasteiger partial charge in [0.25, 0.3) is 5.69 Å². The Kier molecular flexibility index (Phi) is 5.96. The first-order valence-electron chi connectivity index (χ1n) is 7.20. The minimum Gasteiger partial charge on any atom is -0.310 e. The average Bonchev–Trinajstić information content (AvgIpc) is 2.46. The summed E-state index contributed by atoms with van der Waals surface area (Å²) in [5.74, 6) is 2.43. The molecule has 1 fully saturated rings. The Balaban J connectivity index is 1.85. The van der Waals surface area contributed by atoms with E-state index in [0.29, 0.717) is 17.7 Å². The van der Waals surface area contributed by atoms with Gasteiger partial charge >= 0.3 is 0 Å². The molecule has 2 rings (SSSR count). The van der Waals surface area contributed by atoms with Crippen LogP contribution in [0.4, 0.5) is 5.69 Å². The van der Waals surface area contributed by atoms with Crippen molar-refractivity contribution in [2.45, 2.75) is 20.4 Å². The average molecular weight is 310 g/mol. The van der Waals surface area contributed by atoms with Crippen molar-refractivity contribution in [1.29, 1.82) is 0 Å². The molecular formula is C14H22N4O2S. The lowest BCUT2D eigenvalue weighted by molar-refractivity contribution is -0.386. The lowest BCUT2D eigenvalue weighted by Crippen LogP contribution is -2.37. The van der Waals surface area contributed by atoms with E-state index in [0.717, 1.165) is 31.9 Å². The lowest BCUT2D eigenvalue weighted by atomic mass is 10.1. The largest absolute Gasteiger partial charge is 0.310 e. The van der Waals surface area contributed by atoms with E-state index in [9.17, 15) is 10.1 Å². The zero-order valence-corrected chi connectivity index (χ0v) is 13.4. The summed E-state index contributed by atoms with van der Waals surface area (Å²) in [6.07, 6.45) is 1.59. The van der Waals surface area contributed by atoms with Crippen molar-refractivity contribution >= 4 is 17.4 Å². The molecule has 116 valence electrons. The quantitative estimate of drug-likeness (QED) is 0.490. The molecule has 2 heterocycles. The summed E-state index contributed by atoms with van der Waals surface area (Å²) < 4.78 is 0. The highest BCUT2D eigenvalue weighted by molar-refractivity contribution is 7.99. The van der Waals surface area contributed by atoms with E-state index < -0.39 is 0 Å². The van der Waals surface area contributed by atoms with E-state index in [2.05, 4.69) is 15.2 Å². The van der Waals surface area contributed by atoms with Gasteiger partial charge in [0, 0.05) is 61.6 Å². The molecule has 1 aromatic rings. The number of nitrogens with one attached hydrogen (secondary N) is 1. The first kappa shape index (κ1) is 16.2. The SMILES string of the molecule is Cc1cnc(CNCCN2CCSCC2)c(C)c1[N+](=O)[O-]. The lowest BCUT2D eigenvalue weighted by Gasteiger charge is -2.26. The Hall–Kier alpha value is -1.18. The molecule has 0 bridgehead atoms. The first-order valence-corrected chi connectivity index (χ1v) is 8.35. The van der Waals surface area contributed by atoms with Crippen LogP contribution in [0.15, 0.2) is 6.20 Å². The third-order valence-electron chi connectivity index (χ3n) is 3.76. The molecular weight excluding hydrogens is 288 g/mol. The topological polar surface area (TPSA) is 71.3 Å². The molecule has 1 aromatic heterocycles. The number of thioether (sulfide) groups is 1. The van der Waals surface area contributed by atoms with E-state index in [1.165, 1.54) is 11.5 Å². The molecule has 6 nitrogen and oxygen atoms in total. The molecule has 21 heavy (non-hydrogen) atoms. The Morgan fingerprint density at radius 3 is 2.81 bits per heavy atom. The first-order chi connectivity index (χ1) is 10.1. The van der Waals surface area contributed by atoms with Gasteiger partial charge in [0.05, 0.1) is 10.6 Å². The van der Waals surface area contributed by atoms with Gasteiger partial charge in [0.2, 0.25) is 0 Å². The van der Waals surface area contributed by atoms with Crippen molar-refractivity contribution < 1.29 is 4.92 Å². The van der Waals surface area contributed by atoms with Crippen molar-refractivity contribution in [3.05, 3.63) is 33.1 Å². The molecule has 0 saturated carbocycles. The zero-order valence-electron chi connectivity index (χ0n) is 12.6. The number of nitrogens with zero attached hydrogens (tertiary/aromatic N) is 3. The number of pyridine rings is 1. The molecule has 0 spiro atoms. The molecule has 0 aliphatic carbocycles. The molecule has 0 aromatic carbocycles.